The topological polar surface area (TPSA) is 31.4 Å². The van der Waals surface area contributed by atoms with Gasteiger partial charge in [0.2, 0.25) is 0 Å². The van der Waals surface area contributed by atoms with Crippen molar-refractivity contribution in [2.24, 2.45) is 0 Å². The Morgan fingerprint density at radius 1 is 1.07 bits per heavy atom. The second-order valence-corrected chi connectivity index (χ2v) is 2.87. The summed E-state index contributed by atoms with van der Waals surface area (Å²) in [5, 5.41) is 0.967. The van der Waals surface area contributed by atoms with Gasteiger partial charge in [-0.2, -0.15) is 0 Å². The van der Waals surface area contributed by atoms with E-state index in [1.807, 2.05) is 24.3 Å². The average Bonchev–Trinajstić information content (AvgIpc) is 2.27. The first kappa shape index (κ1) is 8.81. The zero-order valence-corrected chi connectivity index (χ0v) is 8.15. The predicted molar refractivity (Wildman–Crippen MR) is 54.8 cm³/mol. The quantitative estimate of drug-likeness (QED) is 0.726. The molecule has 0 spiro atoms. The maximum absolute atomic E-state index is 5.28. The third-order valence-corrected chi connectivity index (χ3v) is 2.12. The maximum Gasteiger partial charge on any atom is 0.170 e. The second-order valence-electron chi connectivity index (χ2n) is 2.87. The normalized spacial score (nSPS) is 10.1. The number of aromatic nitrogens is 1. The van der Waals surface area contributed by atoms with Crippen molar-refractivity contribution in [3.8, 4) is 11.5 Å². The van der Waals surface area contributed by atoms with Crippen molar-refractivity contribution in [3.05, 3.63) is 30.5 Å². The van der Waals surface area contributed by atoms with Gasteiger partial charge in [-0.3, -0.25) is 4.98 Å². The number of nitrogens with zero attached hydrogens (tertiary/aromatic N) is 1. The highest BCUT2D eigenvalue weighted by Gasteiger charge is 2.07. The Labute approximate surface area is 82.3 Å². The molecule has 0 bridgehead atoms. The van der Waals surface area contributed by atoms with Crippen LogP contribution in [0.4, 0.5) is 0 Å². The van der Waals surface area contributed by atoms with Crippen molar-refractivity contribution >= 4 is 10.9 Å². The Kier molecular flexibility index (Phi) is 2.23. The van der Waals surface area contributed by atoms with E-state index in [1.54, 1.807) is 20.4 Å². The first-order chi connectivity index (χ1) is 6.86. The molecule has 2 rings (SSSR count). The van der Waals surface area contributed by atoms with Crippen molar-refractivity contribution in [1.29, 1.82) is 0 Å². The molecule has 0 aliphatic heterocycles. The molecule has 0 N–H and O–H groups in total. The Hall–Kier alpha value is -1.77. The Morgan fingerprint density at radius 3 is 2.64 bits per heavy atom. The molecule has 0 radical (unpaired) electrons. The molecule has 2 aromatic rings. The first-order valence-corrected chi connectivity index (χ1v) is 4.32. The number of pyridine rings is 1. The molecule has 14 heavy (non-hydrogen) atoms. The van der Waals surface area contributed by atoms with Crippen molar-refractivity contribution in [2.45, 2.75) is 0 Å². The van der Waals surface area contributed by atoms with Crippen LogP contribution < -0.4 is 9.47 Å². The van der Waals surface area contributed by atoms with Crippen LogP contribution in [0.2, 0.25) is 0 Å². The number of rotatable bonds is 2. The van der Waals surface area contributed by atoms with Crippen LogP contribution in [-0.2, 0) is 0 Å². The first-order valence-electron chi connectivity index (χ1n) is 4.32. The molecule has 0 unspecified atom stereocenters. The Balaban J connectivity index is 2.77. The van der Waals surface area contributed by atoms with E-state index in [2.05, 4.69) is 4.98 Å². The van der Waals surface area contributed by atoms with E-state index < -0.39 is 0 Å². The molecule has 0 aliphatic carbocycles. The van der Waals surface area contributed by atoms with Gasteiger partial charge in [-0.05, 0) is 24.3 Å². The zero-order valence-electron chi connectivity index (χ0n) is 8.15. The summed E-state index contributed by atoms with van der Waals surface area (Å²) in [4.78, 5) is 4.23. The third-order valence-electron chi connectivity index (χ3n) is 2.12. The van der Waals surface area contributed by atoms with Gasteiger partial charge in [0.1, 0.15) is 0 Å². The van der Waals surface area contributed by atoms with Crippen molar-refractivity contribution < 1.29 is 9.47 Å². The van der Waals surface area contributed by atoms with E-state index in [-0.39, 0.29) is 0 Å². The van der Waals surface area contributed by atoms with Gasteiger partial charge < -0.3 is 9.47 Å². The van der Waals surface area contributed by atoms with Crippen LogP contribution >= 0.6 is 0 Å². The number of ether oxygens (including phenoxy) is 2. The lowest BCUT2D eigenvalue weighted by atomic mass is 10.2. The number of hydrogen-bond donors (Lipinski definition) is 0. The molecule has 0 saturated carbocycles. The molecule has 72 valence electrons. The summed E-state index contributed by atoms with van der Waals surface area (Å²) >= 11 is 0. The summed E-state index contributed by atoms with van der Waals surface area (Å²) in [5.41, 5.74) is 0.908. The van der Waals surface area contributed by atoms with Gasteiger partial charge >= 0.3 is 0 Å². The molecule has 0 saturated heterocycles. The van der Waals surface area contributed by atoms with Gasteiger partial charge in [-0.25, -0.2) is 0 Å². The van der Waals surface area contributed by atoms with E-state index >= 15 is 0 Å². The highest BCUT2D eigenvalue weighted by Crippen LogP contribution is 2.33. The van der Waals surface area contributed by atoms with E-state index in [0.717, 1.165) is 22.4 Å². The largest absolute Gasteiger partial charge is 0.493 e. The van der Waals surface area contributed by atoms with Crippen molar-refractivity contribution in [2.75, 3.05) is 14.2 Å². The van der Waals surface area contributed by atoms with Crippen LogP contribution in [0.25, 0.3) is 10.9 Å². The van der Waals surface area contributed by atoms with Gasteiger partial charge in [-0.1, -0.05) is 0 Å². The maximum atomic E-state index is 5.28. The molecule has 0 atom stereocenters. The van der Waals surface area contributed by atoms with Crippen LogP contribution in [-0.4, -0.2) is 19.2 Å². The van der Waals surface area contributed by atoms with Gasteiger partial charge in [-0.15, -0.1) is 0 Å². The fourth-order valence-electron chi connectivity index (χ4n) is 1.48. The zero-order chi connectivity index (χ0) is 9.97. The molecule has 0 fully saturated rings. The average molecular weight is 189 g/mol. The van der Waals surface area contributed by atoms with Crippen molar-refractivity contribution in [1.82, 2.24) is 4.98 Å². The summed E-state index contributed by atoms with van der Waals surface area (Å²) in [6, 6.07) is 7.61. The van der Waals surface area contributed by atoms with Gasteiger partial charge in [0, 0.05) is 11.6 Å². The second kappa shape index (κ2) is 3.54. The van der Waals surface area contributed by atoms with E-state index in [0.29, 0.717) is 0 Å². The summed E-state index contributed by atoms with van der Waals surface area (Å²) in [7, 11) is 3.25. The van der Waals surface area contributed by atoms with Crippen LogP contribution in [0.1, 0.15) is 0 Å². The SMILES string of the molecule is COc1ccc2ncccc2c1OC. The Morgan fingerprint density at radius 2 is 1.93 bits per heavy atom. The minimum absolute atomic E-state index is 0.730. The molecule has 3 nitrogen and oxygen atoms in total. The fourth-order valence-corrected chi connectivity index (χ4v) is 1.48. The molecular weight excluding hydrogens is 178 g/mol. The molecule has 1 aromatic heterocycles. The number of hydrogen-bond acceptors (Lipinski definition) is 3. The van der Waals surface area contributed by atoms with E-state index in [9.17, 15) is 0 Å². The van der Waals surface area contributed by atoms with Gasteiger partial charge in [0.25, 0.3) is 0 Å². The standard InChI is InChI=1S/C11H11NO2/c1-13-10-6-5-9-8(11(10)14-2)4-3-7-12-9/h3-7H,1-2H3. The van der Waals surface area contributed by atoms with Crippen LogP contribution in [0.15, 0.2) is 30.5 Å². The smallest absolute Gasteiger partial charge is 0.170 e. The van der Waals surface area contributed by atoms with Crippen LogP contribution in [0.3, 0.4) is 0 Å². The van der Waals surface area contributed by atoms with Crippen LogP contribution in [0.5, 0.6) is 11.5 Å². The van der Waals surface area contributed by atoms with Crippen LogP contribution in [0, 0.1) is 0 Å². The summed E-state index contributed by atoms with van der Waals surface area (Å²) < 4.78 is 10.5. The summed E-state index contributed by atoms with van der Waals surface area (Å²) in [5.74, 6) is 1.46. The lowest BCUT2D eigenvalue weighted by Gasteiger charge is -2.09. The predicted octanol–water partition coefficient (Wildman–Crippen LogP) is 2.25. The molecule has 0 amide bonds. The minimum Gasteiger partial charge on any atom is -0.493 e. The molecule has 1 heterocycles. The highest BCUT2D eigenvalue weighted by atomic mass is 16.5. The number of methoxy groups -OCH3 is 2. The summed E-state index contributed by atoms with van der Waals surface area (Å²) in [6.07, 6.45) is 1.76. The van der Waals surface area contributed by atoms with Gasteiger partial charge in [0.15, 0.2) is 11.5 Å². The number of benzene rings is 1. The number of fused-ring (bicyclic) bond motifs is 1. The van der Waals surface area contributed by atoms with Crippen molar-refractivity contribution in [3.63, 3.8) is 0 Å². The lowest BCUT2D eigenvalue weighted by molar-refractivity contribution is 0.358. The highest BCUT2D eigenvalue weighted by molar-refractivity contribution is 5.87. The third kappa shape index (κ3) is 1.27. The molecular formula is C11H11NO2. The molecule has 1 aromatic carbocycles. The molecule has 3 heteroatoms. The Bertz CT molecular complexity index is 454. The van der Waals surface area contributed by atoms with E-state index in [1.165, 1.54) is 0 Å². The van der Waals surface area contributed by atoms with E-state index in [4.69, 9.17) is 9.47 Å². The monoisotopic (exact) mass is 189 g/mol. The fraction of sp³-hybridized carbons (Fsp3) is 0.182. The minimum atomic E-state index is 0.730. The lowest BCUT2D eigenvalue weighted by Crippen LogP contribution is -1.91. The molecule has 0 aliphatic rings. The summed E-state index contributed by atoms with van der Waals surface area (Å²) in [6.45, 7) is 0. The van der Waals surface area contributed by atoms with Gasteiger partial charge in [0.05, 0.1) is 19.7 Å².